The van der Waals surface area contributed by atoms with E-state index >= 15 is 0 Å². The van der Waals surface area contributed by atoms with Gasteiger partial charge in [0.2, 0.25) is 0 Å². The summed E-state index contributed by atoms with van der Waals surface area (Å²) >= 11 is 3.30. The van der Waals surface area contributed by atoms with Crippen molar-refractivity contribution in [2.75, 3.05) is 5.32 Å². The molecular weight excluding hydrogens is 338 g/mol. The van der Waals surface area contributed by atoms with E-state index < -0.39 is 11.9 Å². The van der Waals surface area contributed by atoms with Crippen molar-refractivity contribution in [3.05, 3.63) is 51.4 Å². The Kier molecular flexibility index (Phi) is 4.32. The molecule has 0 bridgehead atoms. The fourth-order valence-electron chi connectivity index (χ4n) is 1.76. The summed E-state index contributed by atoms with van der Waals surface area (Å²) in [6, 6.07) is 4.57. The molecule has 0 spiro atoms. The van der Waals surface area contributed by atoms with Crippen LogP contribution in [0.25, 0.3) is 0 Å². The maximum Gasteiger partial charge on any atom is 0.337 e. The van der Waals surface area contributed by atoms with Gasteiger partial charge in [-0.2, -0.15) is 0 Å². The molecule has 2 N–H and O–H groups in total. The zero-order chi connectivity index (χ0) is 15.6. The van der Waals surface area contributed by atoms with E-state index in [0.29, 0.717) is 5.82 Å². The molecule has 0 radical (unpaired) electrons. The normalized spacial score (nSPS) is 10.2. The standard InChI is InChI=1S/C14H12BrN3O3/c1-7-5-9(15)6-16-12(7)18-13(19)11-4-3-10(14(20)21)8(2)17-11/h3-6H,1-2H3,(H,20,21)(H,16,18,19). The summed E-state index contributed by atoms with van der Waals surface area (Å²) in [5, 5.41) is 11.6. The van der Waals surface area contributed by atoms with Crippen molar-refractivity contribution in [1.82, 2.24) is 9.97 Å². The van der Waals surface area contributed by atoms with Crippen LogP contribution in [-0.2, 0) is 0 Å². The quantitative estimate of drug-likeness (QED) is 0.888. The van der Waals surface area contributed by atoms with E-state index in [4.69, 9.17) is 5.11 Å². The van der Waals surface area contributed by atoms with Gasteiger partial charge < -0.3 is 10.4 Å². The van der Waals surface area contributed by atoms with Gasteiger partial charge in [0.1, 0.15) is 11.5 Å². The molecule has 0 aromatic carbocycles. The lowest BCUT2D eigenvalue weighted by atomic mass is 10.2. The highest BCUT2D eigenvalue weighted by atomic mass is 79.9. The number of hydrogen-bond acceptors (Lipinski definition) is 4. The lowest BCUT2D eigenvalue weighted by Gasteiger charge is -2.08. The smallest absolute Gasteiger partial charge is 0.337 e. The zero-order valence-electron chi connectivity index (χ0n) is 11.3. The van der Waals surface area contributed by atoms with Crippen LogP contribution >= 0.6 is 15.9 Å². The van der Waals surface area contributed by atoms with Crippen molar-refractivity contribution in [3.8, 4) is 0 Å². The maximum atomic E-state index is 12.1. The second-order valence-electron chi connectivity index (χ2n) is 4.41. The number of pyridine rings is 2. The topological polar surface area (TPSA) is 92.2 Å². The van der Waals surface area contributed by atoms with E-state index in [1.54, 1.807) is 13.1 Å². The van der Waals surface area contributed by atoms with Crippen LogP contribution in [0.2, 0.25) is 0 Å². The number of carbonyl (C=O) groups is 2. The Bertz CT molecular complexity index is 731. The molecule has 2 aromatic heterocycles. The molecule has 0 saturated carbocycles. The molecule has 1 amide bonds. The molecular formula is C14H12BrN3O3. The zero-order valence-corrected chi connectivity index (χ0v) is 12.9. The number of carbonyl (C=O) groups excluding carboxylic acids is 1. The number of aromatic carboxylic acids is 1. The number of hydrogen-bond donors (Lipinski definition) is 2. The van der Waals surface area contributed by atoms with Crippen LogP contribution in [0.3, 0.4) is 0 Å². The minimum absolute atomic E-state index is 0.0736. The van der Waals surface area contributed by atoms with Gasteiger partial charge in [0.25, 0.3) is 5.91 Å². The highest BCUT2D eigenvalue weighted by molar-refractivity contribution is 9.10. The Hall–Kier alpha value is -2.28. The van der Waals surface area contributed by atoms with E-state index in [2.05, 4.69) is 31.2 Å². The molecule has 0 fully saturated rings. The summed E-state index contributed by atoms with van der Waals surface area (Å²) in [7, 11) is 0. The fraction of sp³-hybridized carbons (Fsp3) is 0.143. The average Bonchev–Trinajstić information content (AvgIpc) is 2.41. The molecule has 0 saturated heterocycles. The number of aromatic nitrogens is 2. The Labute approximate surface area is 129 Å². The van der Waals surface area contributed by atoms with Crippen LogP contribution < -0.4 is 5.32 Å². The van der Waals surface area contributed by atoms with Gasteiger partial charge in [0.05, 0.1) is 11.3 Å². The van der Waals surface area contributed by atoms with Crippen LogP contribution in [0.15, 0.2) is 28.9 Å². The van der Waals surface area contributed by atoms with Gasteiger partial charge in [-0.25, -0.2) is 14.8 Å². The Balaban J connectivity index is 2.24. The third kappa shape index (κ3) is 3.43. The van der Waals surface area contributed by atoms with Gasteiger partial charge >= 0.3 is 5.97 Å². The Morgan fingerprint density at radius 2 is 2.00 bits per heavy atom. The number of nitrogens with zero attached hydrogens (tertiary/aromatic N) is 2. The molecule has 0 atom stereocenters. The number of halogens is 1. The first-order valence-corrected chi connectivity index (χ1v) is 6.82. The number of carboxylic acid groups (broad SMARTS) is 1. The molecule has 108 valence electrons. The second-order valence-corrected chi connectivity index (χ2v) is 5.32. The van der Waals surface area contributed by atoms with Crippen molar-refractivity contribution in [1.29, 1.82) is 0 Å². The highest BCUT2D eigenvalue weighted by Gasteiger charge is 2.14. The first-order chi connectivity index (χ1) is 9.88. The number of anilines is 1. The van der Waals surface area contributed by atoms with Crippen LogP contribution in [0.1, 0.15) is 32.1 Å². The second kappa shape index (κ2) is 6.01. The van der Waals surface area contributed by atoms with Crippen molar-refractivity contribution < 1.29 is 14.7 Å². The van der Waals surface area contributed by atoms with E-state index in [1.165, 1.54) is 12.1 Å². The highest BCUT2D eigenvalue weighted by Crippen LogP contribution is 2.17. The number of carboxylic acids is 1. The first kappa shape index (κ1) is 15.1. The van der Waals surface area contributed by atoms with Gasteiger partial charge in [-0.3, -0.25) is 4.79 Å². The number of rotatable bonds is 3. The van der Waals surface area contributed by atoms with Crippen LogP contribution in [-0.4, -0.2) is 27.0 Å². The monoisotopic (exact) mass is 349 g/mol. The van der Waals surface area contributed by atoms with E-state index in [1.807, 2.05) is 13.0 Å². The van der Waals surface area contributed by atoms with Gasteiger partial charge in [-0.1, -0.05) is 0 Å². The van der Waals surface area contributed by atoms with Crippen LogP contribution in [0.4, 0.5) is 5.82 Å². The number of nitrogens with one attached hydrogen (secondary N) is 1. The van der Waals surface area contributed by atoms with Crippen molar-refractivity contribution in [3.63, 3.8) is 0 Å². The van der Waals surface area contributed by atoms with Gasteiger partial charge in [-0.05, 0) is 53.5 Å². The minimum atomic E-state index is -1.07. The summed E-state index contributed by atoms with van der Waals surface area (Å²) in [5.74, 6) is -1.07. The minimum Gasteiger partial charge on any atom is -0.478 e. The van der Waals surface area contributed by atoms with Crippen LogP contribution in [0.5, 0.6) is 0 Å². The first-order valence-electron chi connectivity index (χ1n) is 6.03. The van der Waals surface area contributed by atoms with E-state index in [-0.39, 0.29) is 17.0 Å². The lowest BCUT2D eigenvalue weighted by Crippen LogP contribution is -2.17. The molecule has 21 heavy (non-hydrogen) atoms. The predicted molar refractivity (Wildman–Crippen MR) is 80.6 cm³/mol. The summed E-state index contributed by atoms with van der Waals surface area (Å²) in [6.07, 6.45) is 1.58. The summed E-state index contributed by atoms with van der Waals surface area (Å²) in [5.41, 5.74) is 1.30. The largest absolute Gasteiger partial charge is 0.478 e. The van der Waals surface area contributed by atoms with E-state index in [9.17, 15) is 9.59 Å². The SMILES string of the molecule is Cc1cc(Br)cnc1NC(=O)c1ccc(C(=O)O)c(C)n1. The van der Waals surface area contributed by atoms with Crippen molar-refractivity contribution in [2.45, 2.75) is 13.8 Å². The molecule has 2 aromatic rings. The Morgan fingerprint density at radius 1 is 1.29 bits per heavy atom. The van der Waals surface area contributed by atoms with Crippen molar-refractivity contribution in [2.24, 2.45) is 0 Å². The summed E-state index contributed by atoms with van der Waals surface area (Å²) in [6.45, 7) is 3.36. The molecule has 7 heteroatoms. The third-order valence-electron chi connectivity index (χ3n) is 2.83. The number of aryl methyl sites for hydroxylation is 2. The molecule has 2 rings (SSSR count). The van der Waals surface area contributed by atoms with Crippen molar-refractivity contribution >= 4 is 33.6 Å². The molecule has 6 nitrogen and oxygen atoms in total. The molecule has 2 heterocycles. The van der Waals surface area contributed by atoms with Gasteiger partial charge in [0.15, 0.2) is 0 Å². The fourth-order valence-corrected chi connectivity index (χ4v) is 2.20. The Morgan fingerprint density at radius 3 is 2.57 bits per heavy atom. The van der Waals surface area contributed by atoms with Crippen LogP contribution in [0, 0.1) is 13.8 Å². The molecule has 0 aliphatic carbocycles. The molecule has 0 aliphatic rings. The van der Waals surface area contributed by atoms with Gasteiger partial charge in [-0.15, -0.1) is 0 Å². The number of amides is 1. The summed E-state index contributed by atoms with van der Waals surface area (Å²) < 4.78 is 0.817. The summed E-state index contributed by atoms with van der Waals surface area (Å²) in [4.78, 5) is 31.1. The average molecular weight is 350 g/mol. The predicted octanol–water partition coefficient (Wildman–Crippen LogP) is 2.81. The van der Waals surface area contributed by atoms with Gasteiger partial charge in [0, 0.05) is 10.7 Å². The van der Waals surface area contributed by atoms with E-state index in [0.717, 1.165) is 10.0 Å². The molecule has 0 aliphatic heterocycles. The lowest BCUT2D eigenvalue weighted by molar-refractivity contribution is 0.0695. The maximum absolute atomic E-state index is 12.1. The third-order valence-corrected chi connectivity index (χ3v) is 3.26. The molecule has 0 unspecified atom stereocenters.